The molecule has 0 aliphatic heterocycles. The number of nitrogen functional groups attached to an aromatic ring is 1. The predicted octanol–water partition coefficient (Wildman–Crippen LogP) is 3.33. The number of carboxylic acids is 1. The first-order valence-electron chi connectivity index (χ1n) is 6.66. The van der Waals surface area contributed by atoms with Gasteiger partial charge in [-0.05, 0) is 42.5 Å². The first-order chi connectivity index (χ1) is 8.86. The third-order valence-electron chi connectivity index (χ3n) is 3.12. The molecular formula is C15H23NO3. The molecule has 1 aromatic rings. The van der Waals surface area contributed by atoms with Gasteiger partial charge < -0.3 is 15.6 Å². The summed E-state index contributed by atoms with van der Waals surface area (Å²) in [5.74, 6) is -0.0671. The number of carbonyl (C=O) groups is 1. The van der Waals surface area contributed by atoms with Crippen LogP contribution in [0, 0.1) is 6.92 Å². The number of aliphatic carboxylic acids is 1. The Morgan fingerprint density at radius 2 is 2.05 bits per heavy atom. The van der Waals surface area contributed by atoms with Crippen molar-refractivity contribution in [1.29, 1.82) is 0 Å². The van der Waals surface area contributed by atoms with Gasteiger partial charge in [0.1, 0.15) is 5.75 Å². The van der Waals surface area contributed by atoms with Crippen molar-refractivity contribution < 1.29 is 14.6 Å². The summed E-state index contributed by atoms with van der Waals surface area (Å²) < 4.78 is 5.69. The highest BCUT2D eigenvalue weighted by molar-refractivity contribution is 5.73. The minimum Gasteiger partial charge on any atom is -0.479 e. The highest BCUT2D eigenvalue weighted by Crippen LogP contribution is 2.32. The van der Waals surface area contributed by atoms with E-state index in [1.54, 1.807) is 0 Å². The highest BCUT2D eigenvalue weighted by Gasteiger charge is 2.21. The summed E-state index contributed by atoms with van der Waals surface area (Å²) in [7, 11) is 0. The average Bonchev–Trinajstić information content (AvgIpc) is 2.32. The van der Waals surface area contributed by atoms with E-state index in [1.807, 2.05) is 39.8 Å². The van der Waals surface area contributed by atoms with E-state index >= 15 is 0 Å². The maximum Gasteiger partial charge on any atom is 0.344 e. The molecule has 3 N–H and O–H groups in total. The zero-order chi connectivity index (χ0) is 14.6. The van der Waals surface area contributed by atoms with Crippen molar-refractivity contribution in [3.8, 4) is 5.75 Å². The zero-order valence-corrected chi connectivity index (χ0v) is 12.1. The quantitative estimate of drug-likeness (QED) is 0.774. The van der Waals surface area contributed by atoms with Gasteiger partial charge in [-0.25, -0.2) is 4.79 Å². The van der Waals surface area contributed by atoms with E-state index in [9.17, 15) is 4.79 Å². The Kier molecular flexibility index (Phi) is 5.21. The lowest BCUT2D eigenvalue weighted by Gasteiger charge is -2.20. The number of anilines is 1. The van der Waals surface area contributed by atoms with Crippen LogP contribution < -0.4 is 10.5 Å². The normalized spacial score (nSPS) is 12.5. The van der Waals surface area contributed by atoms with Crippen molar-refractivity contribution in [3.63, 3.8) is 0 Å². The number of ether oxygens (including phenoxy) is 1. The number of benzene rings is 1. The third kappa shape index (κ3) is 3.88. The first-order valence-corrected chi connectivity index (χ1v) is 6.66. The molecule has 0 saturated heterocycles. The molecule has 0 saturated carbocycles. The number of rotatable bonds is 6. The van der Waals surface area contributed by atoms with Crippen LogP contribution in [-0.4, -0.2) is 17.2 Å². The van der Waals surface area contributed by atoms with Crippen molar-refractivity contribution >= 4 is 11.7 Å². The topological polar surface area (TPSA) is 72.5 Å². The SMILES string of the molecule is CCCC(Oc1cc(C)c(N)cc1C(C)C)C(=O)O. The molecule has 0 heterocycles. The van der Waals surface area contributed by atoms with Crippen molar-refractivity contribution in [3.05, 3.63) is 23.3 Å². The Morgan fingerprint density at radius 3 is 2.53 bits per heavy atom. The van der Waals surface area contributed by atoms with Crippen molar-refractivity contribution in [1.82, 2.24) is 0 Å². The van der Waals surface area contributed by atoms with Gasteiger partial charge >= 0.3 is 5.97 Å². The van der Waals surface area contributed by atoms with Crippen LogP contribution in [0.2, 0.25) is 0 Å². The van der Waals surface area contributed by atoms with Crippen LogP contribution in [0.1, 0.15) is 50.7 Å². The lowest BCUT2D eigenvalue weighted by Crippen LogP contribution is -2.27. The van der Waals surface area contributed by atoms with E-state index in [2.05, 4.69) is 0 Å². The van der Waals surface area contributed by atoms with Crippen LogP contribution in [0.4, 0.5) is 5.69 Å². The molecule has 1 unspecified atom stereocenters. The van der Waals surface area contributed by atoms with E-state index in [0.29, 0.717) is 17.9 Å². The van der Waals surface area contributed by atoms with Crippen molar-refractivity contribution in [2.75, 3.05) is 5.73 Å². The van der Waals surface area contributed by atoms with Crippen LogP contribution in [-0.2, 0) is 4.79 Å². The molecule has 19 heavy (non-hydrogen) atoms. The maximum atomic E-state index is 11.2. The van der Waals surface area contributed by atoms with E-state index in [0.717, 1.165) is 17.5 Å². The van der Waals surface area contributed by atoms with Gasteiger partial charge in [-0.3, -0.25) is 0 Å². The second kappa shape index (κ2) is 6.45. The van der Waals surface area contributed by atoms with Crippen LogP contribution in [0.25, 0.3) is 0 Å². The third-order valence-corrected chi connectivity index (χ3v) is 3.12. The van der Waals surface area contributed by atoms with Gasteiger partial charge in [-0.15, -0.1) is 0 Å². The average molecular weight is 265 g/mol. The Morgan fingerprint density at radius 1 is 1.42 bits per heavy atom. The predicted molar refractivity (Wildman–Crippen MR) is 76.6 cm³/mol. The van der Waals surface area contributed by atoms with Gasteiger partial charge in [0, 0.05) is 5.69 Å². The van der Waals surface area contributed by atoms with Crippen LogP contribution in [0.15, 0.2) is 12.1 Å². The summed E-state index contributed by atoms with van der Waals surface area (Å²) in [5, 5.41) is 9.17. The smallest absolute Gasteiger partial charge is 0.344 e. The minimum atomic E-state index is -0.925. The lowest BCUT2D eigenvalue weighted by atomic mass is 9.99. The number of carboxylic acid groups (broad SMARTS) is 1. The summed E-state index contributed by atoms with van der Waals surface area (Å²) in [5.41, 5.74) is 8.46. The van der Waals surface area contributed by atoms with Gasteiger partial charge in [0.05, 0.1) is 0 Å². The molecule has 0 bridgehead atoms. The molecule has 0 fully saturated rings. The van der Waals surface area contributed by atoms with Gasteiger partial charge in [-0.2, -0.15) is 0 Å². The number of aryl methyl sites for hydroxylation is 1. The van der Waals surface area contributed by atoms with E-state index < -0.39 is 12.1 Å². The van der Waals surface area contributed by atoms with Gasteiger partial charge in [-0.1, -0.05) is 27.2 Å². The largest absolute Gasteiger partial charge is 0.479 e. The minimum absolute atomic E-state index is 0.231. The fraction of sp³-hybridized carbons (Fsp3) is 0.533. The second-order valence-corrected chi connectivity index (χ2v) is 5.13. The van der Waals surface area contributed by atoms with Gasteiger partial charge in [0.2, 0.25) is 0 Å². The molecule has 1 rings (SSSR count). The number of nitrogens with two attached hydrogens (primary N) is 1. The molecule has 4 nitrogen and oxygen atoms in total. The molecule has 0 radical (unpaired) electrons. The first kappa shape index (κ1) is 15.3. The van der Waals surface area contributed by atoms with Crippen molar-refractivity contribution in [2.45, 2.75) is 52.6 Å². The molecule has 0 spiro atoms. The van der Waals surface area contributed by atoms with Crippen LogP contribution >= 0.6 is 0 Å². The Labute approximate surface area is 114 Å². The van der Waals surface area contributed by atoms with E-state index in [1.165, 1.54) is 0 Å². The van der Waals surface area contributed by atoms with Crippen LogP contribution in [0.5, 0.6) is 5.75 Å². The fourth-order valence-electron chi connectivity index (χ4n) is 1.92. The van der Waals surface area contributed by atoms with Gasteiger partial charge in [0.15, 0.2) is 6.10 Å². The molecule has 1 aromatic carbocycles. The molecule has 1 atom stereocenters. The molecule has 0 amide bonds. The standard InChI is InChI=1S/C15H23NO3/c1-5-6-13(15(17)18)19-14-7-10(4)12(16)8-11(14)9(2)3/h7-9,13H,5-6,16H2,1-4H3,(H,17,18). The van der Waals surface area contributed by atoms with E-state index in [4.69, 9.17) is 15.6 Å². The summed E-state index contributed by atoms with van der Waals surface area (Å²) in [4.78, 5) is 11.2. The monoisotopic (exact) mass is 265 g/mol. The van der Waals surface area contributed by atoms with E-state index in [-0.39, 0.29) is 5.92 Å². The molecule has 4 heteroatoms. The highest BCUT2D eigenvalue weighted by atomic mass is 16.5. The Balaban J connectivity index is 3.10. The maximum absolute atomic E-state index is 11.2. The molecule has 0 aliphatic rings. The summed E-state index contributed by atoms with van der Waals surface area (Å²) in [6, 6.07) is 3.70. The summed E-state index contributed by atoms with van der Waals surface area (Å²) in [6.45, 7) is 7.90. The molecule has 106 valence electrons. The summed E-state index contributed by atoms with van der Waals surface area (Å²) >= 11 is 0. The number of hydrogen-bond donors (Lipinski definition) is 2. The zero-order valence-electron chi connectivity index (χ0n) is 12.1. The van der Waals surface area contributed by atoms with Crippen LogP contribution in [0.3, 0.4) is 0 Å². The fourth-order valence-corrected chi connectivity index (χ4v) is 1.92. The second-order valence-electron chi connectivity index (χ2n) is 5.13. The summed E-state index contributed by atoms with van der Waals surface area (Å²) in [6.07, 6.45) is 0.462. The number of hydrogen-bond acceptors (Lipinski definition) is 3. The van der Waals surface area contributed by atoms with Gasteiger partial charge in [0.25, 0.3) is 0 Å². The van der Waals surface area contributed by atoms with Crippen molar-refractivity contribution in [2.24, 2.45) is 0 Å². The Hall–Kier alpha value is -1.71. The molecule has 0 aromatic heterocycles. The molecular weight excluding hydrogens is 242 g/mol. The Bertz CT molecular complexity index is 455. The molecule has 0 aliphatic carbocycles. The lowest BCUT2D eigenvalue weighted by molar-refractivity contribution is -0.145.